The molecule has 0 aliphatic carbocycles. The summed E-state index contributed by atoms with van der Waals surface area (Å²) in [6.45, 7) is 8.64. The van der Waals surface area contributed by atoms with Crippen molar-refractivity contribution in [3.05, 3.63) is 76.8 Å². The molecule has 0 amide bonds. The summed E-state index contributed by atoms with van der Waals surface area (Å²) < 4.78 is 0. The van der Waals surface area contributed by atoms with Gasteiger partial charge in [-0.2, -0.15) is 0 Å². The molecule has 1 aromatic heterocycles. The number of hydrogen-bond acceptors (Lipinski definition) is 4. The van der Waals surface area contributed by atoms with Gasteiger partial charge in [0.2, 0.25) is 0 Å². The second kappa shape index (κ2) is 8.12. The Kier molecular flexibility index (Phi) is 5.44. The molecule has 4 rings (SSSR count). The molecular weight excluding hydrogens is 338 g/mol. The lowest BCUT2D eigenvalue weighted by molar-refractivity contribution is 0.121. The molecule has 3 aromatic rings. The quantitative estimate of drug-likeness (QED) is 0.668. The van der Waals surface area contributed by atoms with Crippen molar-refractivity contribution in [1.29, 1.82) is 0 Å². The highest BCUT2D eigenvalue weighted by Gasteiger charge is 2.18. The average molecular weight is 364 g/mol. The smallest absolute Gasteiger partial charge is 0.123 e. The van der Waals surface area contributed by atoms with Crippen LogP contribution in [0.4, 0.5) is 0 Å². The Balaban J connectivity index is 1.31. The molecular formula is C22H25N3S. The third-order valence-corrected chi connectivity index (χ3v) is 5.86. The van der Waals surface area contributed by atoms with Crippen molar-refractivity contribution < 1.29 is 0 Å². The van der Waals surface area contributed by atoms with Crippen LogP contribution in [0, 0.1) is 6.92 Å². The maximum atomic E-state index is 4.87. The molecule has 1 saturated heterocycles. The Morgan fingerprint density at radius 3 is 2.35 bits per heavy atom. The number of rotatable bonds is 5. The summed E-state index contributed by atoms with van der Waals surface area (Å²) in [5, 5.41) is 3.35. The molecule has 3 nitrogen and oxygen atoms in total. The SMILES string of the molecule is Cc1cccc(-c2nc(CN3CCN(Cc4ccccc4)CC3)cs2)c1. The van der Waals surface area contributed by atoms with Crippen molar-refractivity contribution in [1.82, 2.24) is 14.8 Å². The van der Waals surface area contributed by atoms with Crippen LogP contribution in [0.25, 0.3) is 10.6 Å². The lowest BCUT2D eigenvalue weighted by Crippen LogP contribution is -2.45. The van der Waals surface area contributed by atoms with Crippen molar-refractivity contribution in [2.24, 2.45) is 0 Å². The van der Waals surface area contributed by atoms with E-state index in [0.29, 0.717) is 0 Å². The van der Waals surface area contributed by atoms with E-state index in [9.17, 15) is 0 Å². The largest absolute Gasteiger partial charge is 0.297 e. The van der Waals surface area contributed by atoms with Crippen LogP contribution in [0.1, 0.15) is 16.8 Å². The van der Waals surface area contributed by atoms with Gasteiger partial charge in [0.05, 0.1) is 5.69 Å². The predicted molar refractivity (Wildman–Crippen MR) is 109 cm³/mol. The normalized spacial score (nSPS) is 16.0. The minimum atomic E-state index is 0.960. The van der Waals surface area contributed by atoms with E-state index in [1.54, 1.807) is 11.3 Å². The number of thiazole rings is 1. The van der Waals surface area contributed by atoms with Gasteiger partial charge in [0.1, 0.15) is 5.01 Å². The highest BCUT2D eigenvalue weighted by atomic mass is 32.1. The second-order valence-corrected chi connectivity index (χ2v) is 7.91. The van der Waals surface area contributed by atoms with Crippen molar-refractivity contribution in [2.45, 2.75) is 20.0 Å². The first-order chi connectivity index (χ1) is 12.8. The van der Waals surface area contributed by atoms with Gasteiger partial charge in [0, 0.05) is 50.2 Å². The van der Waals surface area contributed by atoms with Crippen molar-refractivity contribution in [3.8, 4) is 10.6 Å². The molecule has 0 radical (unpaired) electrons. The zero-order chi connectivity index (χ0) is 17.8. The van der Waals surface area contributed by atoms with Crippen molar-refractivity contribution >= 4 is 11.3 Å². The summed E-state index contributed by atoms with van der Waals surface area (Å²) >= 11 is 1.75. The maximum Gasteiger partial charge on any atom is 0.123 e. The first-order valence-electron chi connectivity index (χ1n) is 9.26. The molecule has 134 valence electrons. The van der Waals surface area contributed by atoms with E-state index in [0.717, 1.165) is 44.3 Å². The Bertz CT molecular complexity index is 835. The molecule has 26 heavy (non-hydrogen) atoms. The fourth-order valence-corrected chi connectivity index (χ4v) is 4.27. The Hall–Kier alpha value is -2.01. The number of piperazine rings is 1. The number of aryl methyl sites for hydroxylation is 1. The zero-order valence-corrected chi connectivity index (χ0v) is 16.1. The third kappa shape index (κ3) is 4.39. The maximum absolute atomic E-state index is 4.87. The summed E-state index contributed by atoms with van der Waals surface area (Å²) in [5.74, 6) is 0. The van der Waals surface area contributed by atoms with Gasteiger partial charge < -0.3 is 0 Å². The molecule has 1 aliphatic rings. The van der Waals surface area contributed by atoms with E-state index >= 15 is 0 Å². The van der Waals surface area contributed by atoms with Crippen LogP contribution in [0.5, 0.6) is 0 Å². The van der Waals surface area contributed by atoms with Crippen LogP contribution >= 0.6 is 11.3 Å². The van der Waals surface area contributed by atoms with E-state index < -0.39 is 0 Å². The predicted octanol–water partition coefficient (Wildman–Crippen LogP) is 4.44. The van der Waals surface area contributed by atoms with Crippen LogP contribution in [0.2, 0.25) is 0 Å². The van der Waals surface area contributed by atoms with Gasteiger partial charge in [0.15, 0.2) is 0 Å². The van der Waals surface area contributed by atoms with E-state index in [2.05, 4.69) is 76.7 Å². The van der Waals surface area contributed by atoms with Crippen molar-refractivity contribution in [3.63, 3.8) is 0 Å². The molecule has 0 unspecified atom stereocenters. The van der Waals surface area contributed by atoms with E-state index in [4.69, 9.17) is 4.98 Å². The van der Waals surface area contributed by atoms with Gasteiger partial charge in [-0.3, -0.25) is 9.80 Å². The monoisotopic (exact) mass is 363 g/mol. The van der Waals surface area contributed by atoms with Crippen LogP contribution in [0.15, 0.2) is 60.0 Å². The van der Waals surface area contributed by atoms with Gasteiger partial charge in [-0.1, -0.05) is 54.1 Å². The third-order valence-electron chi connectivity index (χ3n) is 4.92. The first-order valence-corrected chi connectivity index (χ1v) is 10.1. The highest BCUT2D eigenvalue weighted by Crippen LogP contribution is 2.25. The molecule has 0 spiro atoms. The molecule has 0 atom stereocenters. The Morgan fingerprint density at radius 2 is 1.62 bits per heavy atom. The molecule has 0 saturated carbocycles. The van der Waals surface area contributed by atoms with Crippen LogP contribution < -0.4 is 0 Å². The summed E-state index contributed by atoms with van der Waals surface area (Å²) in [6, 6.07) is 19.4. The van der Waals surface area contributed by atoms with Gasteiger partial charge in [-0.05, 0) is 18.6 Å². The van der Waals surface area contributed by atoms with E-state index in [1.165, 1.54) is 22.4 Å². The summed E-state index contributed by atoms with van der Waals surface area (Å²) in [7, 11) is 0. The minimum absolute atomic E-state index is 0.960. The number of aromatic nitrogens is 1. The molecule has 2 heterocycles. The molecule has 1 aliphatic heterocycles. The van der Waals surface area contributed by atoms with Crippen LogP contribution in [0.3, 0.4) is 0 Å². The van der Waals surface area contributed by atoms with Crippen molar-refractivity contribution in [2.75, 3.05) is 26.2 Å². The summed E-state index contributed by atoms with van der Waals surface area (Å²) in [6.07, 6.45) is 0. The minimum Gasteiger partial charge on any atom is -0.297 e. The first kappa shape index (κ1) is 17.4. The molecule has 2 aromatic carbocycles. The number of benzene rings is 2. The average Bonchev–Trinajstić information content (AvgIpc) is 3.13. The van der Waals surface area contributed by atoms with Gasteiger partial charge in [-0.25, -0.2) is 4.98 Å². The summed E-state index contributed by atoms with van der Waals surface area (Å²) in [5.41, 5.74) is 5.12. The van der Waals surface area contributed by atoms with Gasteiger partial charge in [-0.15, -0.1) is 11.3 Å². The molecule has 1 fully saturated rings. The summed E-state index contributed by atoms with van der Waals surface area (Å²) in [4.78, 5) is 9.94. The second-order valence-electron chi connectivity index (χ2n) is 7.05. The molecule has 4 heteroatoms. The Labute approximate surface area is 159 Å². The molecule has 0 bridgehead atoms. The van der Waals surface area contributed by atoms with Gasteiger partial charge >= 0.3 is 0 Å². The lowest BCUT2D eigenvalue weighted by Gasteiger charge is -2.34. The fourth-order valence-electron chi connectivity index (χ4n) is 3.47. The van der Waals surface area contributed by atoms with E-state index in [1.807, 2.05) is 0 Å². The van der Waals surface area contributed by atoms with Crippen LogP contribution in [-0.2, 0) is 13.1 Å². The fraction of sp³-hybridized carbons (Fsp3) is 0.318. The number of nitrogens with zero attached hydrogens (tertiary/aromatic N) is 3. The lowest BCUT2D eigenvalue weighted by atomic mass is 10.1. The Morgan fingerprint density at radius 1 is 0.885 bits per heavy atom. The van der Waals surface area contributed by atoms with Gasteiger partial charge in [0.25, 0.3) is 0 Å². The number of hydrogen-bond donors (Lipinski definition) is 0. The molecule has 0 N–H and O–H groups in total. The van der Waals surface area contributed by atoms with Crippen LogP contribution in [-0.4, -0.2) is 41.0 Å². The highest BCUT2D eigenvalue weighted by molar-refractivity contribution is 7.13. The zero-order valence-electron chi connectivity index (χ0n) is 15.3. The standard InChI is InChI=1S/C22H25N3S/c1-18-6-5-9-20(14-18)22-23-21(17-26-22)16-25-12-10-24(11-13-25)15-19-7-3-2-4-8-19/h2-9,14,17H,10-13,15-16H2,1H3. The van der Waals surface area contributed by atoms with E-state index in [-0.39, 0.29) is 0 Å². The topological polar surface area (TPSA) is 19.4 Å².